The van der Waals surface area contributed by atoms with E-state index in [0.29, 0.717) is 28.8 Å². The maximum atomic E-state index is 13.1. The van der Waals surface area contributed by atoms with E-state index in [1.165, 1.54) is 37.1 Å². The summed E-state index contributed by atoms with van der Waals surface area (Å²) in [5.74, 6) is 0.655. The molecule has 0 saturated carbocycles. The summed E-state index contributed by atoms with van der Waals surface area (Å²) < 4.78 is 30.7. The number of ether oxygens (including phenoxy) is 3. The molecule has 0 aliphatic carbocycles. The third-order valence-corrected chi connectivity index (χ3v) is 4.80. The van der Waals surface area contributed by atoms with Gasteiger partial charge in [-0.1, -0.05) is 12.1 Å². The smallest absolute Gasteiger partial charge is 0.413 e. The summed E-state index contributed by atoms with van der Waals surface area (Å²) >= 11 is 0. The normalized spacial score (nSPS) is 11.8. The van der Waals surface area contributed by atoms with Crippen LogP contribution < -0.4 is 25.1 Å². The number of methoxy groups -OCH3 is 2. The molecule has 3 rings (SSSR count). The molecule has 0 bridgehead atoms. The first-order valence-electron chi connectivity index (χ1n) is 9.40. The van der Waals surface area contributed by atoms with Crippen LogP contribution in [0.4, 0.5) is 9.18 Å². The van der Waals surface area contributed by atoms with Crippen molar-refractivity contribution in [2.75, 3.05) is 14.2 Å². The summed E-state index contributed by atoms with van der Waals surface area (Å²) in [6, 6.07) is 8.58. The lowest BCUT2D eigenvalue weighted by atomic mass is 10.1. The summed E-state index contributed by atoms with van der Waals surface area (Å²) in [5, 5.41) is 3.47. The first kappa shape index (κ1) is 21.2. The molecule has 1 N–H and O–H groups in total. The van der Waals surface area contributed by atoms with E-state index >= 15 is 0 Å². The Morgan fingerprint density at radius 3 is 2.23 bits per heavy atom. The van der Waals surface area contributed by atoms with Gasteiger partial charge in [-0.25, -0.2) is 9.18 Å². The van der Waals surface area contributed by atoms with Crippen molar-refractivity contribution < 1.29 is 23.4 Å². The lowest BCUT2D eigenvalue weighted by Gasteiger charge is -2.17. The summed E-state index contributed by atoms with van der Waals surface area (Å²) in [4.78, 5) is 25.3. The number of pyridine rings is 1. The maximum Gasteiger partial charge on any atom is 0.413 e. The van der Waals surface area contributed by atoms with E-state index in [1.54, 1.807) is 31.2 Å². The molecule has 1 aromatic heterocycles. The molecule has 0 aliphatic heterocycles. The molecule has 1 heterocycles. The maximum absolute atomic E-state index is 13.1. The Kier molecular flexibility index (Phi) is 6.25. The molecule has 0 unspecified atom stereocenters. The molecule has 0 fully saturated rings. The summed E-state index contributed by atoms with van der Waals surface area (Å²) in [7, 11) is 2.96. The number of fused-ring (bicyclic) bond motifs is 1. The zero-order valence-electron chi connectivity index (χ0n) is 17.2. The fraction of sp³-hybridized carbons (Fsp3) is 0.273. The molecule has 1 atom stereocenters. The Hall–Kier alpha value is -3.55. The van der Waals surface area contributed by atoms with Gasteiger partial charge in [-0.2, -0.15) is 0 Å². The minimum absolute atomic E-state index is 0.205. The largest absolute Gasteiger partial charge is 0.493 e. The molecule has 0 radical (unpaired) electrons. The van der Waals surface area contributed by atoms with Crippen molar-refractivity contribution >= 4 is 16.9 Å². The van der Waals surface area contributed by atoms with E-state index in [1.807, 2.05) is 6.92 Å². The summed E-state index contributed by atoms with van der Waals surface area (Å²) in [6.45, 7) is 3.97. The lowest BCUT2D eigenvalue weighted by molar-refractivity contribution is 0.197. The molecule has 8 heteroatoms. The van der Waals surface area contributed by atoms with Gasteiger partial charge in [0.05, 0.1) is 31.8 Å². The zero-order chi connectivity index (χ0) is 21.8. The predicted octanol–water partition coefficient (Wildman–Crippen LogP) is 4.03. The Balaban J connectivity index is 1.96. The zero-order valence-corrected chi connectivity index (χ0v) is 17.2. The van der Waals surface area contributed by atoms with E-state index < -0.39 is 12.1 Å². The number of aromatic nitrogens is 1. The van der Waals surface area contributed by atoms with E-state index in [4.69, 9.17) is 14.2 Å². The van der Waals surface area contributed by atoms with Crippen LogP contribution in [-0.2, 0) is 6.54 Å². The highest BCUT2D eigenvalue weighted by atomic mass is 19.1. The predicted molar refractivity (Wildman–Crippen MR) is 111 cm³/mol. The van der Waals surface area contributed by atoms with Gasteiger partial charge in [-0.3, -0.25) is 4.79 Å². The van der Waals surface area contributed by atoms with Gasteiger partial charge in [0.15, 0.2) is 17.2 Å². The van der Waals surface area contributed by atoms with Crippen LogP contribution >= 0.6 is 0 Å². The monoisotopic (exact) mass is 414 g/mol. The average Bonchev–Trinajstić information content (AvgIpc) is 2.75. The van der Waals surface area contributed by atoms with E-state index in [2.05, 4.69) is 5.32 Å². The second-order valence-corrected chi connectivity index (χ2v) is 6.64. The Bertz CT molecular complexity index is 1130. The number of halogens is 1. The number of nitrogens with one attached hydrogen (secondary N) is 1. The minimum Gasteiger partial charge on any atom is -0.493 e. The number of rotatable bonds is 6. The highest BCUT2D eigenvalue weighted by Crippen LogP contribution is 2.35. The Morgan fingerprint density at radius 2 is 1.67 bits per heavy atom. The first-order chi connectivity index (χ1) is 14.4. The van der Waals surface area contributed by atoms with Crippen molar-refractivity contribution in [2.45, 2.75) is 26.4 Å². The second kappa shape index (κ2) is 8.86. The van der Waals surface area contributed by atoms with Crippen LogP contribution in [0, 0.1) is 5.82 Å². The topological polar surface area (TPSA) is 78.8 Å². The molecule has 0 aliphatic rings. The molecular formula is C22H23FN2O5. The van der Waals surface area contributed by atoms with Gasteiger partial charge in [-0.05, 0) is 43.7 Å². The van der Waals surface area contributed by atoms with Gasteiger partial charge >= 0.3 is 6.09 Å². The molecule has 0 spiro atoms. The van der Waals surface area contributed by atoms with Crippen LogP contribution in [0.5, 0.6) is 17.2 Å². The Morgan fingerprint density at radius 1 is 1.07 bits per heavy atom. The van der Waals surface area contributed by atoms with Gasteiger partial charge in [0.1, 0.15) is 5.82 Å². The second-order valence-electron chi connectivity index (χ2n) is 6.64. The van der Waals surface area contributed by atoms with Crippen LogP contribution in [0.25, 0.3) is 10.8 Å². The highest BCUT2D eigenvalue weighted by molar-refractivity contribution is 5.92. The van der Waals surface area contributed by atoms with Crippen molar-refractivity contribution in [1.29, 1.82) is 0 Å². The van der Waals surface area contributed by atoms with Crippen molar-refractivity contribution in [3.8, 4) is 17.2 Å². The summed E-state index contributed by atoms with van der Waals surface area (Å²) in [5.41, 5.74) is 0.490. The molecule has 1 amide bonds. The minimum atomic E-state index is -0.704. The third-order valence-electron chi connectivity index (χ3n) is 4.80. The van der Waals surface area contributed by atoms with Gasteiger partial charge in [0.2, 0.25) is 0 Å². The molecule has 0 saturated heterocycles. The van der Waals surface area contributed by atoms with Crippen LogP contribution in [0.3, 0.4) is 0 Å². The third kappa shape index (κ3) is 4.22. The summed E-state index contributed by atoms with van der Waals surface area (Å²) in [6.07, 6.45) is 0.780. The van der Waals surface area contributed by atoms with Crippen molar-refractivity contribution in [1.82, 2.24) is 9.88 Å². The number of amides is 1. The van der Waals surface area contributed by atoms with Crippen molar-refractivity contribution in [3.63, 3.8) is 0 Å². The number of hydrogen-bond acceptors (Lipinski definition) is 5. The molecule has 3 aromatic rings. The van der Waals surface area contributed by atoms with Gasteiger partial charge in [0.25, 0.3) is 5.56 Å². The number of carbonyl (C=O) groups is 1. The van der Waals surface area contributed by atoms with E-state index in [0.717, 1.165) is 5.56 Å². The van der Waals surface area contributed by atoms with E-state index in [-0.39, 0.29) is 17.1 Å². The van der Waals surface area contributed by atoms with Crippen molar-refractivity contribution in [2.24, 2.45) is 0 Å². The SMILES string of the molecule is CCn1cc(OC(=O)N[C@H](C)c2ccc(F)cc2)c2cc(OC)c(OC)cc2c1=O. The number of aryl methyl sites for hydroxylation is 1. The molecular weight excluding hydrogens is 391 g/mol. The molecule has 7 nitrogen and oxygen atoms in total. The first-order valence-corrected chi connectivity index (χ1v) is 9.40. The average molecular weight is 414 g/mol. The van der Waals surface area contributed by atoms with Crippen LogP contribution in [0.1, 0.15) is 25.5 Å². The van der Waals surface area contributed by atoms with Crippen LogP contribution in [-0.4, -0.2) is 24.9 Å². The van der Waals surface area contributed by atoms with Gasteiger partial charge in [0, 0.05) is 11.9 Å². The van der Waals surface area contributed by atoms with Gasteiger partial charge in [-0.15, -0.1) is 0 Å². The fourth-order valence-corrected chi connectivity index (χ4v) is 3.14. The number of benzene rings is 2. The lowest BCUT2D eigenvalue weighted by Crippen LogP contribution is -2.30. The standard InChI is InChI=1S/C22H23FN2O5/c1-5-25-12-20(16-10-18(28-3)19(29-4)11-17(16)21(25)26)30-22(27)24-13(2)14-6-8-15(23)9-7-14/h6-13H,5H2,1-4H3,(H,24,27)/t13-/m1/s1. The number of nitrogens with zero attached hydrogens (tertiary/aromatic N) is 1. The highest BCUT2D eigenvalue weighted by Gasteiger charge is 2.18. The van der Waals surface area contributed by atoms with Crippen molar-refractivity contribution in [3.05, 3.63) is 64.3 Å². The van der Waals surface area contributed by atoms with Crippen LogP contribution in [0.15, 0.2) is 47.4 Å². The van der Waals surface area contributed by atoms with E-state index in [9.17, 15) is 14.0 Å². The van der Waals surface area contributed by atoms with Crippen LogP contribution in [0.2, 0.25) is 0 Å². The molecule has 30 heavy (non-hydrogen) atoms. The number of carbonyl (C=O) groups excluding carboxylic acids is 1. The number of hydrogen-bond donors (Lipinski definition) is 1. The quantitative estimate of drug-likeness (QED) is 0.659. The Labute approximate surface area is 173 Å². The molecule has 2 aromatic carbocycles. The molecule has 158 valence electrons. The van der Waals surface area contributed by atoms with Gasteiger partial charge < -0.3 is 24.1 Å². The fourth-order valence-electron chi connectivity index (χ4n) is 3.14.